The molecule has 1 atom stereocenters. The highest BCUT2D eigenvalue weighted by Crippen LogP contribution is 2.31. The van der Waals surface area contributed by atoms with Gasteiger partial charge >= 0.3 is 0 Å². The molecule has 0 bridgehead atoms. The van der Waals surface area contributed by atoms with Gasteiger partial charge in [0.25, 0.3) is 0 Å². The number of rotatable bonds is 10. The van der Waals surface area contributed by atoms with Gasteiger partial charge in [-0.15, -0.1) is 24.0 Å². The van der Waals surface area contributed by atoms with Crippen molar-refractivity contribution in [3.05, 3.63) is 0 Å². The molecule has 3 N–H and O–H groups in total. The first kappa shape index (κ1) is 20.0. The fourth-order valence-corrected chi connectivity index (χ4v) is 3.19. The van der Waals surface area contributed by atoms with Crippen LogP contribution < -0.4 is 11.1 Å². The Kier molecular flexibility index (Phi) is 10.4. The van der Waals surface area contributed by atoms with Crippen molar-refractivity contribution in [2.75, 3.05) is 26.2 Å². The highest BCUT2D eigenvalue weighted by Gasteiger charge is 2.34. The number of likely N-dealkylation sites (tertiary alicyclic amines) is 1. The van der Waals surface area contributed by atoms with Crippen LogP contribution in [-0.4, -0.2) is 43.1 Å². The van der Waals surface area contributed by atoms with E-state index in [0.717, 1.165) is 25.0 Å². The van der Waals surface area contributed by atoms with Crippen molar-refractivity contribution in [2.45, 2.75) is 70.8 Å². The fourth-order valence-electron chi connectivity index (χ4n) is 3.19. The molecular weight excluding hydrogens is 387 g/mol. The third-order valence-corrected chi connectivity index (χ3v) is 4.74. The average molecular weight is 422 g/mol. The largest absolute Gasteiger partial charge is 0.370 e. The zero-order chi connectivity index (χ0) is 14.9. The zero-order valence-electron chi connectivity index (χ0n) is 14.2. The number of hydrogen-bond donors (Lipinski definition) is 2. The molecule has 22 heavy (non-hydrogen) atoms. The molecule has 2 aliphatic rings. The third kappa shape index (κ3) is 7.99. The Labute approximate surface area is 153 Å². The van der Waals surface area contributed by atoms with Gasteiger partial charge in [-0.2, -0.15) is 0 Å². The van der Waals surface area contributed by atoms with E-state index in [9.17, 15) is 0 Å². The van der Waals surface area contributed by atoms with Gasteiger partial charge in [0, 0.05) is 25.7 Å². The average Bonchev–Trinajstić information content (AvgIpc) is 3.23. The van der Waals surface area contributed by atoms with Crippen LogP contribution in [-0.2, 0) is 0 Å². The van der Waals surface area contributed by atoms with E-state index >= 15 is 0 Å². The van der Waals surface area contributed by atoms with E-state index in [0.29, 0.717) is 5.96 Å². The van der Waals surface area contributed by atoms with Gasteiger partial charge in [0.2, 0.25) is 0 Å². The number of guanidine groups is 1. The van der Waals surface area contributed by atoms with Crippen molar-refractivity contribution in [2.24, 2.45) is 16.6 Å². The summed E-state index contributed by atoms with van der Waals surface area (Å²) in [5, 5.41) is 3.26. The van der Waals surface area contributed by atoms with Gasteiger partial charge in [0.1, 0.15) is 0 Å². The molecule has 5 heteroatoms. The van der Waals surface area contributed by atoms with Crippen LogP contribution in [0.4, 0.5) is 0 Å². The first-order valence-electron chi connectivity index (χ1n) is 9.07. The molecule has 2 rings (SSSR count). The van der Waals surface area contributed by atoms with Crippen molar-refractivity contribution in [1.82, 2.24) is 10.2 Å². The van der Waals surface area contributed by atoms with Gasteiger partial charge in [-0.1, -0.05) is 39.0 Å². The number of aliphatic imine (C=N–C) groups is 1. The van der Waals surface area contributed by atoms with Crippen LogP contribution in [0.1, 0.15) is 64.7 Å². The zero-order valence-corrected chi connectivity index (χ0v) is 16.6. The third-order valence-electron chi connectivity index (χ3n) is 4.74. The van der Waals surface area contributed by atoms with Crippen LogP contribution >= 0.6 is 24.0 Å². The van der Waals surface area contributed by atoms with Crippen molar-refractivity contribution >= 4 is 29.9 Å². The summed E-state index contributed by atoms with van der Waals surface area (Å²) in [4.78, 5) is 7.16. The quantitative estimate of drug-likeness (QED) is 0.246. The number of hydrogen-bond acceptors (Lipinski definition) is 2. The molecule has 0 spiro atoms. The van der Waals surface area contributed by atoms with Crippen molar-refractivity contribution < 1.29 is 0 Å². The van der Waals surface area contributed by atoms with Gasteiger partial charge in [-0.05, 0) is 38.1 Å². The first-order valence-corrected chi connectivity index (χ1v) is 9.07. The molecule has 0 amide bonds. The van der Waals surface area contributed by atoms with Crippen molar-refractivity contribution in [1.29, 1.82) is 0 Å². The molecule has 0 aromatic rings. The second-order valence-corrected chi connectivity index (χ2v) is 6.80. The molecule has 0 aromatic carbocycles. The summed E-state index contributed by atoms with van der Waals surface area (Å²) >= 11 is 0. The smallest absolute Gasteiger partial charge is 0.188 e. The molecule has 0 radical (unpaired) electrons. The monoisotopic (exact) mass is 422 g/mol. The van der Waals surface area contributed by atoms with Crippen LogP contribution in [0.15, 0.2) is 4.99 Å². The minimum Gasteiger partial charge on any atom is -0.370 e. The molecule has 4 nitrogen and oxygen atoms in total. The molecule has 1 aliphatic carbocycles. The summed E-state index contributed by atoms with van der Waals surface area (Å²) < 4.78 is 0. The van der Waals surface area contributed by atoms with Crippen LogP contribution in [0, 0.1) is 5.92 Å². The minimum atomic E-state index is 0. The molecule has 1 saturated heterocycles. The van der Waals surface area contributed by atoms with E-state index in [1.165, 1.54) is 70.9 Å². The highest BCUT2D eigenvalue weighted by atomic mass is 127. The Balaban J connectivity index is 0.00000242. The maximum Gasteiger partial charge on any atom is 0.188 e. The SMILES string of the molecule is CCCCCCCCNC(N)=NCC1CCN(C2CC2)C1.I. The molecule has 0 aromatic heterocycles. The predicted molar refractivity (Wildman–Crippen MR) is 106 cm³/mol. The summed E-state index contributed by atoms with van der Waals surface area (Å²) in [6.45, 7) is 6.64. The number of nitrogens with zero attached hydrogens (tertiary/aromatic N) is 2. The Bertz CT molecular complexity index is 318. The van der Waals surface area contributed by atoms with Crippen molar-refractivity contribution in [3.63, 3.8) is 0 Å². The predicted octanol–water partition coefficient (Wildman–Crippen LogP) is 3.35. The lowest BCUT2D eigenvalue weighted by Crippen LogP contribution is -2.33. The Morgan fingerprint density at radius 1 is 1.14 bits per heavy atom. The lowest BCUT2D eigenvalue weighted by molar-refractivity contribution is 0.315. The number of nitrogens with one attached hydrogen (secondary N) is 1. The minimum absolute atomic E-state index is 0. The Morgan fingerprint density at radius 2 is 1.86 bits per heavy atom. The maximum atomic E-state index is 5.95. The lowest BCUT2D eigenvalue weighted by Gasteiger charge is -2.13. The first-order chi connectivity index (χ1) is 10.3. The molecule has 1 heterocycles. The number of nitrogens with two attached hydrogens (primary N) is 1. The number of halogens is 1. The second-order valence-electron chi connectivity index (χ2n) is 6.80. The molecule has 2 fully saturated rings. The highest BCUT2D eigenvalue weighted by molar-refractivity contribution is 14.0. The van der Waals surface area contributed by atoms with Crippen molar-refractivity contribution in [3.8, 4) is 0 Å². The van der Waals surface area contributed by atoms with E-state index in [2.05, 4.69) is 22.1 Å². The van der Waals surface area contributed by atoms with Gasteiger partial charge < -0.3 is 16.0 Å². The summed E-state index contributed by atoms with van der Waals surface area (Å²) in [5.74, 6) is 1.37. The normalized spacial score (nSPS) is 22.6. The maximum absolute atomic E-state index is 5.95. The Morgan fingerprint density at radius 3 is 2.59 bits per heavy atom. The summed E-state index contributed by atoms with van der Waals surface area (Å²) in [6.07, 6.45) is 12.1. The summed E-state index contributed by atoms with van der Waals surface area (Å²) in [6, 6.07) is 0.905. The van der Waals surface area contributed by atoms with Gasteiger partial charge in [-0.25, -0.2) is 0 Å². The van der Waals surface area contributed by atoms with Crippen LogP contribution in [0.25, 0.3) is 0 Å². The van der Waals surface area contributed by atoms with Crippen LogP contribution in [0.3, 0.4) is 0 Å². The molecule has 1 saturated carbocycles. The topological polar surface area (TPSA) is 53.6 Å². The van der Waals surface area contributed by atoms with E-state index < -0.39 is 0 Å². The van der Waals surface area contributed by atoms with Gasteiger partial charge in [-0.3, -0.25) is 4.99 Å². The lowest BCUT2D eigenvalue weighted by atomic mass is 10.1. The van der Waals surface area contributed by atoms with Crippen LogP contribution in [0.5, 0.6) is 0 Å². The molecule has 130 valence electrons. The molecule has 1 unspecified atom stereocenters. The fraction of sp³-hybridized carbons (Fsp3) is 0.941. The van der Waals surface area contributed by atoms with E-state index in [1.54, 1.807) is 0 Å². The Hall–Kier alpha value is -0.0400. The number of unbranched alkanes of at least 4 members (excludes halogenated alkanes) is 5. The summed E-state index contributed by atoms with van der Waals surface area (Å²) in [5.41, 5.74) is 5.95. The van der Waals surface area contributed by atoms with Crippen LogP contribution in [0.2, 0.25) is 0 Å². The van der Waals surface area contributed by atoms with E-state index in [1.807, 2.05) is 0 Å². The second kappa shape index (κ2) is 11.5. The van der Waals surface area contributed by atoms with E-state index in [-0.39, 0.29) is 24.0 Å². The molecular formula is C17H35IN4. The standard InChI is InChI=1S/C17H34N4.HI/c1-2-3-4-5-6-7-11-19-17(18)20-13-15-10-12-21(14-15)16-8-9-16;/h15-16H,2-14H2,1H3,(H3,18,19,20);1H. The summed E-state index contributed by atoms with van der Waals surface area (Å²) in [7, 11) is 0. The van der Waals surface area contributed by atoms with Gasteiger partial charge in [0.05, 0.1) is 0 Å². The molecule has 1 aliphatic heterocycles. The van der Waals surface area contributed by atoms with E-state index in [4.69, 9.17) is 5.73 Å². The van der Waals surface area contributed by atoms with Gasteiger partial charge in [0.15, 0.2) is 5.96 Å².